The summed E-state index contributed by atoms with van der Waals surface area (Å²) < 4.78 is 4.94. The Morgan fingerprint density at radius 2 is 1.55 bits per heavy atom. The number of rotatable bonds is 9. The second-order valence-electron chi connectivity index (χ2n) is 6.56. The van der Waals surface area contributed by atoms with E-state index in [1.807, 2.05) is 19.1 Å². The van der Waals surface area contributed by atoms with Gasteiger partial charge in [0.15, 0.2) is 12.4 Å². The highest BCUT2D eigenvalue weighted by Crippen LogP contribution is 2.13. The predicted molar refractivity (Wildman–Crippen MR) is 110 cm³/mol. The van der Waals surface area contributed by atoms with Crippen molar-refractivity contribution in [3.8, 4) is 0 Å². The third kappa shape index (κ3) is 7.57. The van der Waals surface area contributed by atoms with Crippen LogP contribution in [0.25, 0.3) is 0 Å². The molecule has 152 valence electrons. The van der Waals surface area contributed by atoms with Crippen molar-refractivity contribution in [3.05, 3.63) is 59.7 Å². The second-order valence-corrected chi connectivity index (χ2v) is 6.56. The summed E-state index contributed by atoms with van der Waals surface area (Å²) in [7, 11) is 0. The molecule has 0 unspecified atom stereocenters. The third-order valence-corrected chi connectivity index (χ3v) is 4.14. The molecule has 0 aliphatic rings. The lowest BCUT2D eigenvalue weighted by Crippen LogP contribution is -2.21. The molecule has 0 atom stereocenters. The smallest absolute Gasteiger partial charge is 0.306 e. The quantitative estimate of drug-likeness (QED) is 0.499. The Morgan fingerprint density at radius 3 is 2.21 bits per heavy atom. The lowest BCUT2D eigenvalue weighted by Gasteiger charge is -2.09. The van der Waals surface area contributed by atoms with E-state index in [4.69, 9.17) is 4.74 Å². The molecule has 7 nitrogen and oxygen atoms in total. The Labute approximate surface area is 169 Å². The standard InChI is InChI=1S/C22H24N2O5/c1-15-6-3-4-7-19(15)24-21(27)14-29-22(28)9-5-8-20(26)23-18-12-10-17(11-13-18)16(2)25/h3-4,6-7,10-13H,5,8-9,14H2,1-2H3,(H,23,26)(H,24,27). The van der Waals surface area contributed by atoms with Gasteiger partial charge in [-0.2, -0.15) is 0 Å². The number of ketones is 1. The van der Waals surface area contributed by atoms with Crippen LogP contribution in [0.15, 0.2) is 48.5 Å². The van der Waals surface area contributed by atoms with Crippen LogP contribution >= 0.6 is 0 Å². The van der Waals surface area contributed by atoms with Crippen LogP contribution in [0.2, 0.25) is 0 Å². The SMILES string of the molecule is CC(=O)c1ccc(NC(=O)CCCC(=O)OCC(=O)Nc2ccccc2C)cc1. The molecule has 0 spiro atoms. The molecule has 2 N–H and O–H groups in total. The molecular weight excluding hydrogens is 372 g/mol. The first-order chi connectivity index (χ1) is 13.8. The number of hydrogen-bond acceptors (Lipinski definition) is 5. The Morgan fingerprint density at radius 1 is 0.862 bits per heavy atom. The zero-order chi connectivity index (χ0) is 21.2. The topological polar surface area (TPSA) is 102 Å². The van der Waals surface area contributed by atoms with Gasteiger partial charge in [-0.25, -0.2) is 0 Å². The Bertz CT molecular complexity index is 890. The fourth-order valence-corrected chi connectivity index (χ4v) is 2.52. The summed E-state index contributed by atoms with van der Waals surface area (Å²) in [6, 6.07) is 13.9. The zero-order valence-corrected chi connectivity index (χ0v) is 16.5. The third-order valence-electron chi connectivity index (χ3n) is 4.14. The molecule has 2 amide bonds. The molecule has 2 aromatic rings. The van der Waals surface area contributed by atoms with E-state index in [9.17, 15) is 19.2 Å². The number of amides is 2. The fraction of sp³-hybridized carbons (Fsp3) is 0.273. The summed E-state index contributed by atoms with van der Waals surface area (Å²) in [5, 5.41) is 5.37. The summed E-state index contributed by atoms with van der Waals surface area (Å²) in [5.74, 6) is -1.25. The van der Waals surface area contributed by atoms with E-state index in [-0.39, 0.29) is 31.1 Å². The largest absolute Gasteiger partial charge is 0.456 e. The molecule has 0 aliphatic heterocycles. The molecule has 0 heterocycles. The average molecular weight is 396 g/mol. The van der Waals surface area contributed by atoms with Crippen molar-refractivity contribution < 1.29 is 23.9 Å². The molecule has 29 heavy (non-hydrogen) atoms. The first-order valence-electron chi connectivity index (χ1n) is 9.27. The number of Topliss-reactive ketones (excluding diaryl/α,β-unsaturated/α-hetero) is 1. The highest BCUT2D eigenvalue weighted by molar-refractivity contribution is 5.96. The number of carbonyl (C=O) groups is 4. The minimum absolute atomic E-state index is 0.0361. The molecule has 0 aliphatic carbocycles. The number of ether oxygens (including phenoxy) is 1. The highest BCUT2D eigenvalue weighted by Gasteiger charge is 2.10. The maximum Gasteiger partial charge on any atom is 0.306 e. The maximum atomic E-state index is 11.9. The van der Waals surface area contributed by atoms with E-state index >= 15 is 0 Å². The zero-order valence-electron chi connectivity index (χ0n) is 16.5. The molecule has 7 heteroatoms. The van der Waals surface area contributed by atoms with Gasteiger partial charge in [-0.3, -0.25) is 19.2 Å². The van der Waals surface area contributed by atoms with Gasteiger partial charge < -0.3 is 15.4 Å². The second kappa shape index (κ2) is 10.8. The van der Waals surface area contributed by atoms with Crippen LogP contribution in [0, 0.1) is 6.92 Å². The van der Waals surface area contributed by atoms with E-state index in [1.54, 1.807) is 36.4 Å². The predicted octanol–water partition coefficient (Wildman–Crippen LogP) is 3.49. The fourth-order valence-electron chi connectivity index (χ4n) is 2.52. The molecule has 0 bridgehead atoms. The molecular formula is C22H24N2O5. The number of nitrogens with one attached hydrogen (secondary N) is 2. The van der Waals surface area contributed by atoms with Gasteiger partial charge in [0, 0.05) is 29.8 Å². The lowest BCUT2D eigenvalue weighted by atomic mass is 10.1. The number of anilines is 2. The van der Waals surface area contributed by atoms with E-state index in [2.05, 4.69) is 10.6 Å². The van der Waals surface area contributed by atoms with Gasteiger partial charge in [0.05, 0.1) is 0 Å². The Kier molecular flexibility index (Phi) is 8.09. The first kappa shape index (κ1) is 21.8. The first-order valence-corrected chi connectivity index (χ1v) is 9.27. The van der Waals surface area contributed by atoms with Gasteiger partial charge in [0.25, 0.3) is 5.91 Å². The van der Waals surface area contributed by atoms with Crippen molar-refractivity contribution in [2.45, 2.75) is 33.1 Å². The average Bonchev–Trinajstić information content (AvgIpc) is 2.68. The van der Waals surface area contributed by atoms with Crippen LogP contribution in [0.4, 0.5) is 11.4 Å². The van der Waals surface area contributed by atoms with Crippen molar-refractivity contribution in [2.75, 3.05) is 17.2 Å². The van der Waals surface area contributed by atoms with Crippen LogP contribution in [0.1, 0.15) is 42.1 Å². The number of para-hydroxylation sites is 1. The summed E-state index contributed by atoms with van der Waals surface area (Å²) >= 11 is 0. The molecule has 2 rings (SSSR count). The number of aryl methyl sites for hydroxylation is 1. The van der Waals surface area contributed by atoms with Crippen molar-refractivity contribution in [2.24, 2.45) is 0 Å². The van der Waals surface area contributed by atoms with Gasteiger partial charge in [-0.15, -0.1) is 0 Å². The molecule has 0 aromatic heterocycles. The molecule has 0 saturated heterocycles. The van der Waals surface area contributed by atoms with Crippen LogP contribution in [-0.2, 0) is 19.1 Å². The minimum atomic E-state index is -0.538. The van der Waals surface area contributed by atoms with Gasteiger partial charge in [0.2, 0.25) is 5.91 Å². The van der Waals surface area contributed by atoms with Crippen LogP contribution in [-0.4, -0.2) is 30.2 Å². The van der Waals surface area contributed by atoms with Crippen molar-refractivity contribution in [3.63, 3.8) is 0 Å². The van der Waals surface area contributed by atoms with Crippen LogP contribution in [0.5, 0.6) is 0 Å². The van der Waals surface area contributed by atoms with Crippen molar-refractivity contribution >= 4 is 34.9 Å². The number of esters is 1. The van der Waals surface area contributed by atoms with Crippen LogP contribution in [0.3, 0.4) is 0 Å². The van der Waals surface area contributed by atoms with Gasteiger partial charge >= 0.3 is 5.97 Å². The normalized spacial score (nSPS) is 10.1. The molecule has 0 radical (unpaired) electrons. The monoisotopic (exact) mass is 396 g/mol. The van der Waals surface area contributed by atoms with Gasteiger partial charge in [0.1, 0.15) is 0 Å². The number of hydrogen-bond donors (Lipinski definition) is 2. The van der Waals surface area contributed by atoms with Crippen LogP contribution < -0.4 is 10.6 Å². The van der Waals surface area contributed by atoms with E-state index in [1.165, 1.54) is 6.92 Å². The summed E-state index contributed by atoms with van der Waals surface area (Å²) in [6.07, 6.45) is 0.475. The highest BCUT2D eigenvalue weighted by atomic mass is 16.5. The van der Waals surface area contributed by atoms with E-state index in [0.717, 1.165) is 5.56 Å². The Balaban J connectivity index is 1.64. The van der Waals surface area contributed by atoms with Crippen molar-refractivity contribution in [1.29, 1.82) is 0 Å². The summed E-state index contributed by atoms with van der Waals surface area (Å²) in [6.45, 7) is 2.96. The summed E-state index contributed by atoms with van der Waals surface area (Å²) in [5.41, 5.74) is 2.73. The summed E-state index contributed by atoms with van der Waals surface area (Å²) in [4.78, 5) is 46.7. The number of benzene rings is 2. The maximum absolute atomic E-state index is 11.9. The Hall–Kier alpha value is -3.48. The van der Waals surface area contributed by atoms with Crippen molar-refractivity contribution in [1.82, 2.24) is 0 Å². The lowest BCUT2D eigenvalue weighted by molar-refractivity contribution is -0.147. The van der Waals surface area contributed by atoms with Gasteiger partial charge in [-0.1, -0.05) is 18.2 Å². The minimum Gasteiger partial charge on any atom is -0.456 e. The molecule has 2 aromatic carbocycles. The van der Waals surface area contributed by atoms with E-state index < -0.39 is 11.9 Å². The van der Waals surface area contributed by atoms with Gasteiger partial charge in [-0.05, 0) is 56.2 Å². The van der Waals surface area contributed by atoms with E-state index in [0.29, 0.717) is 23.4 Å². The molecule has 0 saturated carbocycles. The number of carbonyl (C=O) groups excluding carboxylic acids is 4. The molecule has 0 fully saturated rings.